The van der Waals surface area contributed by atoms with E-state index in [1.54, 1.807) is 45.4 Å². The van der Waals surface area contributed by atoms with Gasteiger partial charge >= 0.3 is 12.1 Å². The number of alkyl halides is 3. The molecule has 4 bridgehead atoms. The van der Waals surface area contributed by atoms with Crippen molar-refractivity contribution >= 4 is 36.8 Å². The van der Waals surface area contributed by atoms with Crippen LogP contribution in [-0.2, 0) is 27.2 Å². The van der Waals surface area contributed by atoms with E-state index in [0.29, 0.717) is 41.1 Å². The lowest BCUT2D eigenvalue weighted by Gasteiger charge is -2.59. The second-order valence-corrected chi connectivity index (χ2v) is 25.2. The second kappa shape index (κ2) is 16.1. The fourth-order valence-electron chi connectivity index (χ4n) is 10.2. The summed E-state index contributed by atoms with van der Waals surface area (Å²) >= 11 is 0. The largest absolute Gasteiger partial charge is 0.490 e. The molecule has 0 spiro atoms. The number of piperidine rings is 1. The third-order valence-corrected chi connectivity index (χ3v) is 14.5. The molecule has 60 heavy (non-hydrogen) atoms. The highest BCUT2D eigenvalue weighted by Gasteiger charge is 2.63. The number of amides is 1. The fourth-order valence-corrected chi connectivity index (χ4v) is 10.9. The van der Waals surface area contributed by atoms with E-state index in [-0.39, 0.29) is 30.4 Å². The van der Waals surface area contributed by atoms with Crippen LogP contribution in [0.2, 0.25) is 25.7 Å². The zero-order valence-electron chi connectivity index (χ0n) is 35.5. The summed E-state index contributed by atoms with van der Waals surface area (Å²) in [5.74, 6) is 0.265. The Labute approximate surface area is 350 Å². The van der Waals surface area contributed by atoms with Crippen molar-refractivity contribution < 1.29 is 37.0 Å². The topological polar surface area (TPSA) is 121 Å². The molecule has 5 fully saturated rings. The minimum atomic E-state index is -4.96. The van der Waals surface area contributed by atoms with Gasteiger partial charge in [0.2, 0.25) is 5.95 Å². The van der Waals surface area contributed by atoms with Gasteiger partial charge in [0.25, 0.3) is 5.91 Å². The Balaban J connectivity index is 1.09. The van der Waals surface area contributed by atoms with Gasteiger partial charge < -0.3 is 29.0 Å². The lowest BCUT2D eigenvalue weighted by molar-refractivity contribution is -0.180. The molecular weight excluding hydrogens is 790 g/mol. The Bertz CT molecular complexity index is 2180. The fraction of sp³-hybridized carbons (Fsp3) is 0.578. The van der Waals surface area contributed by atoms with Crippen LogP contribution in [0.1, 0.15) is 81.8 Å². The number of anilines is 1. The van der Waals surface area contributed by atoms with Crippen molar-refractivity contribution in [2.45, 2.75) is 122 Å². The van der Waals surface area contributed by atoms with Gasteiger partial charge in [0.05, 0.1) is 16.8 Å². The highest BCUT2D eigenvalue weighted by molar-refractivity contribution is 6.76. The zero-order valence-corrected chi connectivity index (χ0v) is 36.5. The maximum absolute atomic E-state index is 15.1. The summed E-state index contributed by atoms with van der Waals surface area (Å²) < 4.78 is 65.7. The van der Waals surface area contributed by atoms with Gasteiger partial charge in [-0.3, -0.25) is 4.79 Å². The number of carbonyl (C=O) groups is 2. The van der Waals surface area contributed by atoms with Crippen LogP contribution >= 0.6 is 0 Å². The van der Waals surface area contributed by atoms with Gasteiger partial charge in [-0.2, -0.15) is 13.2 Å². The molecule has 0 atom stereocenters. The third-order valence-electron chi connectivity index (χ3n) is 12.8. The molecule has 1 amide bonds. The summed E-state index contributed by atoms with van der Waals surface area (Å²) in [5, 5.41) is 3.58. The summed E-state index contributed by atoms with van der Waals surface area (Å²) in [5.41, 5.74) is -2.93. The van der Waals surface area contributed by atoms with E-state index in [9.17, 15) is 9.59 Å². The molecule has 1 saturated heterocycles. The number of rotatable bonds is 12. The predicted molar refractivity (Wildman–Crippen MR) is 225 cm³/mol. The van der Waals surface area contributed by atoms with Crippen LogP contribution in [0.3, 0.4) is 0 Å². The van der Waals surface area contributed by atoms with Gasteiger partial charge in [-0.15, -0.1) is 0 Å². The van der Waals surface area contributed by atoms with Crippen molar-refractivity contribution in [3.05, 3.63) is 66.2 Å². The Morgan fingerprint density at radius 2 is 1.60 bits per heavy atom. The monoisotopic (exact) mass is 846 g/mol. The predicted octanol–water partition coefficient (Wildman–Crippen LogP) is 9.14. The normalized spacial score (nSPS) is 24.5. The lowest BCUT2D eigenvalue weighted by atomic mass is 9.48. The molecular formula is C45H57F3N6O5Si. The summed E-state index contributed by atoms with van der Waals surface area (Å²) in [6.45, 7) is 14.3. The number of carbonyl (C=O) groups excluding carboxylic acids is 2. The van der Waals surface area contributed by atoms with Crippen LogP contribution in [0.4, 0.5) is 19.1 Å². The number of fused-ring (bicyclic) bond motifs is 1. The number of benzene rings is 1. The summed E-state index contributed by atoms with van der Waals surface area (Å²) in [6, 6.07) is 11.0. The molecule has 0 radical (unpaired) electrons. The first kappa shape index (κ1) is 42.2. The number of hydrogen-bond donors (Lipinski definition) is 1. The van der Waals surface area contributed by atoms with Crippen molar-refractivity contribution in [1.82, 2.24) is 24.8 Å². The smallest absolute Gasteiger partial charge is 0.434 e. The summed E-state index contributed by atoms with van der Waals surface area (Å²) in [4.78, 5) is 43.5. The quantitative estimate of drug-likeness (QED) is 0.0846. The number of nitrogens with one attached hydrogen (secondary N) is 1. The standard InChI is InChI=1S/C45H57F3N6O5Si/c1-43(2,3)59-41(56)44(30-21-28-20-29(23-30)24-31(44)22-28)52-40(55)35-10-11-37(51-39(35)45(46,47)48)36-26-54(27-57-18-19-60(4,5)6)38-25-33(8-9-34(36)38)58-32-12-16-53(17-13-32)42-49-14-7-15-50-42/h7-11,14-15,25-26,28-32H,12-13,16-24,27H2,1-6H3,(H,52,55). The Kier molecular flexibility index (Phi) is 11.3. The lowest BCUT2D eigenvalue weighted by Crippen LogP contribution is -2.71. The van der Waals surface area contributed by atoms with Crippen molar-refractivity contribution in [2.24, 2.45) is 23.7 Å². The van der Waals surface area contributed by atoms with Crippen molar-refractivity contribution in [3.63, 3.8) is 0 Å². The number of esters is 1. The average Bonchev–Trinajstić information content (AvgIpc) is 3.54. The molecule has 3 aromatic heterocycles. The van der Waals surface area contributed by atoms with Crippen LogP contribution in [0.25, 0.3) is 22.2 Å². The van der Waals surface area contributed by atoms with E-state index >= 15 is 13.2 Å². The Morgan fingerprint density at radius 1 is 0.933 bits per heavy atom. The third kappa shape index (κ3) is 8.79. The van der Waals surface area contributed by atoms with Crippen molar-refractivity contribution in [2.75, 3.05) is 24.6 Å². The van der Waals surface area contributed by atoms with Crippen molar-refractivity contribution in [3.8, 4) is 17.0 Å². The van der Waals surface area contributed by atoms with Crippen LogP contribution in [0.15, 0.2) is 55.0 Å². The molecule has 4 aliphatic carbocycles. The van der Waals surface area contributed by atoms with Gasteiger partial charge in [-0.25, -0.2) is 19.7 Å². The minimum absolute atomic E-state index is 0.0404. The molecule has 9 rings (SSSR count). The number of halogens is 3. The molecule has 11 nitrogen and oxygen atoms in total. The van der Waals surface area contributed by atoms with Crippen LogP contribution < -0.4 is 15.0 Å². The molecule has 4 aromatic rings. The molecule has 4 heterocycles. The van der Waals surface area contributed by atoms with Crippen LogP contribution in [0, 0.1) is 23.7 Å². The van der Waals surface area contributed by atoms with E-state index in [2.05, 4.69) is 44.8 Å². The Morgan fingerprint density at radius 3 is 2.22 bits per heavy atom. The van der Waals surface area contributed by atoms with E-state index in [1.807, 2.05) is 22.8 Å². The van der Waals surface area contributed by atoms with E-state index in [4.69, 9.17) is 14.2 Å². The van der Waals surface area contributed by atoms with E-state index < -0.39 is 48.5 Å². The highest BCUT2D eigenvalue weighted by Crippen LogP contribution is 2.59. The molecule has 1 N–H and O–H groups in total. The van der Waals surface area contributed by atoms with Gasteiger partial charge in [0, 0.05) is 76.2 Å². The van der Waals surface area contributed by atoms with E-state index in [1.165, 1.54) is 12.1 Å². The van der Waals surface area contributed by atoms with Crippen LogP contribution in [0.5, 0.6) is 5.75 Å². The zero-order chi connectivity index (χ0) is 42.6. The molecule has 0 unspecified atom stereocenters. The first-order valence-electron chi connectivity index (χ1n) is 21.4. The number of nitrogens with zero attached hydrogens (tertiary/aromatic N) is 5. The molecule has 1 aromatic carbocycles. The van der Waals surface area contributed by atoms with Gasteiger partial charge in [-0.05, 0) is 113 Å². The van der Waals surface area contributed by atoms with Crippen LogP contribution in [-0.4, -0.2) is 76.4 Å². The Hall–Kier alpha value is -4.50. The number of pyridine rings is 1. The first-order valence-corrected chi connectivity index (χ1v) is 25.1. The SMILES string of the molecule is CC(C)(C)OC(=O)C1(NC(=O)c2ccc(-c3cn(COCC[Si](C)(C)C)c4cc(OC5CCN(c6ncccn6)CC5)ccc34)nc2C(F)(F)F)C2CC3CC(C2)CC1C3. The average molecular weight is 847 g/mol. The molecule has 15 heteroatoms. The number of ether oxygens (including phenoxy) is 3. The molecule has 322 valence electrons. The second-order valence-electron chi connectivity index (χ2n) is 19.6. The number of aromatic nitrogens is 4. The van der Waals surface area contributed by atoms with Gasteiger partial charge in [-0.1, -0.05) is 19.6 Å². The minimum Gasteiger partial charge on any atom is -0.490 e. The molecule has 1 aliphatic heterocycles. The van der Waals surface area contributed by atoms with Gasteiger partial charge in [0.15, 0.2) is 5.69 Å². The summed E-state index contributed by atoms with van der Waals surface area (Å²) in [6.07, 6.45) is 5.79. The maximum atomic E-state index is 15.1. The maximum Gasteiger partial charge on any atom is 0.434 e. The van der Waals surface area contributed by atoms with Crippen molar-refractivity contribution in [1.29, 1.82) is 0 Å². The molecule has 5 aliphatic rings. The summed E-state index contributed by atoms with van der Waals surface area (Å²) in [7, 11) is -1.38. The number of hydrogen-bond acceptors (Lipinski definition) is 9. The van der Waals surface area contributed by atoms with Gasteiger partial charge in [0.1, 0.15) is 29.7 Å². The molecule has 4 saturated carbocycles. The van der Waals surface area contributed by atoms with E-state index in [0.717, 1.165) is 69.6 Å². The highest BCUT2D eigenvalue weighted by atomic mass is 28.3. The first-order chi connectivity index (χ1) is 28.4.